The van der Waals surface area contributed by atoms with Gasteiger partial charge in [-0.15, -0.1) is 0 Å². The summed E-state index contributed by atoms with van der Waals surface area (Å²) in [6.07, 6.45) is 6.94. The third-order valence-corrected chi connectivity index (χ3v) is 6.12. The van der Waals surface area contributed by atoms with Crippen molar-refractivity contribution in [1.82, 2.24) is 0 Å². The van der Waals surface area contributed by atoms with Gasteiger partial charge in [-0.3, -0.25) is 4.72 Å². The van der Waals surface area contributed by atoms with E-state index in [0.717, 1.165) is 18.4 Å². The lowest BCUT2D eigenvalue weighted by Gasteiger charge is -2.14. The Balaban J connectivity index is 2.03. The van der Waals surface area contributed by atoms with Crippen molar-refractivity contribution in [3.05, 3.63) is 47.0 Å². The number of ether oxygens (including phenoxy) is 1. The van der Waals surface area contributed by atoms with Crippen LogP contribution in [0.1, 0.15) is 51.0 Å². The maximum atomic E-state index is 12.6. The lowest BCUT2D eigenvalue weighted by Crippen LogP contribution is -2.13. The van der Waals surface area contributed by atoms with E-state index < -0.39 is 10.0 Å². The number of hydrogen-bond acceptors (Lipinski definition) is 4. The zero-order valence-corrected chi connectivity index (χ0v) is 18.1. The van der Waals surface area contributed by atoms with E-state index in [0.29, 0.717) is 18.0 Å². The van der Waals surface area contributed by atoms with Crippen LogP contribution in [0.4, 0.5) is 11.4 Å². The van der Waals surface area contributed by atoms with Crippen LogP contribution in [0.2, 0.25) is 5.02 Å². The first-order valence-corrected chi connectivity index (χ1v) is 11.5. The fourth-order valence-corrected chi connectivity index (χ4v) is 4.10. The molecule has 2 aromatic rings. The average molecular weight is 425 g/mol. The number of sulfonamides is 1. The van der Waals surface area contributed by atoms with Gasteiger partial charge >= 0.3 is 0 Å². The van der Waals surface area contributed by atoms with Crippen molar-refractivity contribution in [3.8, 4) is 5.75 Å². The summed E-state index contributed by atoms with van der Waals surface area (Å²) in [5, 5.41) is 0.222. The summed E-state index contributed by atoms with van der Waals surface area (Å²) in [7, 11) is -3.75. The van der Waals surface area contributed by atoms with Crippen molar-refractivity contribution < 1.29 is 13.2 Å². The van der Waals surface area contributed by atoms with Gasteiger partial charge in [-0.05, 0) is 31.5 Å². The van der Waals surface area contributed by atoms with Crippen molar-refractivity contribution >= 4 is 33.0 Å². The largest absolute Gasteiger partial charge is 0.491 e. The van der Waals surface area contributed by atoms with Crippen LogP contribution in [0.3, 0.4) is 0 Å². The Morgan fingerprint density at radius 2 is 1.68 bits per heavy atom. The minimum Gasteiger partial charge on any atom is -0.491 e. The highest BCUT2D eigenvalue weighted by molar-refractivity contribution is 7.92. The van der Waals surface area contributed by atoms with Gasteiger partial charge in [-0.1, -0.05) is 68.3 Å². The molecule has 2 rings (SSSR count). The van der Waals surface area contributed by atoms with E-state index >= 15 is 0 Å². The lowest BCUT2D eigenvalue weighted by atomic mass is 10.1. The van der Waals surface area contributed by atoms with Crippen molar-refractivity contribution in [2.24, 2.45) is 0 Å². The zero-order valence-electron chi connectivity index (χ0n) is 16.5. The average Bonchev–Trinajstić information content (AvgIpc) is 2.64. The number of rotatable bonds is 11. The highest BCUT2D eigenvalue weighted by atomic mass is 35.5. The van der Waals surface area contributed by atoms with Crippen molar-refractivity contribution in [1.29, 1.82) is 0 Å². The molecule has 0 aromatic heterocycles. The molecule has 0 aliphatic carbocycles. The normalized spacial score (nSPS) is 11.4. The molecular formula is C21H29ClN2O3S. The maximum absolute atomic E-state index is 12.6. The van der Waals surface area contributed by atoms with E-state index in [1.165, 1.54) is 31.7 Å². The number of nitrogen functional groups attached to an aromatic ring is 1. The minimum absolute atomic E-state index is 0.167. The predicted octanol–water partition coefficient (Wildman–Crippen LogP) is 5.77. The quantitative estimate of drug-likeness (QED) is 0.354. The summed E-state index contributed by atoms with van der Waals surface area (Å²) in [5.74, 6) is 0.430. The molecule has 0 saturated carbocycles. The van der Waals surface area contributed by atoms with Gasteiger partial charge in [-0.2, -0.15) is 0 Å². The zero-order chi connectivity index (χ0) is 20.6. The molecule has 0 aliphatic heterocycles. The first-order valence-electron chi connectivity index (χ1n) is 9.65. The lowest BCUT2D eigenvalue weighted by molar-refractivity contribution is 0.306. The van der Waals surface area contributed by atoms with Crippen LogP contribution >= 0.6 is 11.6 Å². The van der Waals surface area contributed by atoms with Crippen molar-refractivity contribution in [2.75, 3.05) is 17.1 Å². The van der Waals surface area contributed by atoms with Gasteiger partial charge in [-0.25, -0.2) is 8.42 Å². The highest BCUT2D eigenvalue weighted by Crippen LogP contribution is 2.34. The van der Waals surface area contributed by atoms with Gasteiger partial charge in [0.15, 0.2) is 0 Å². The second-order valence-electron chi connectivity index (χ2n) is 6.90. The maximum Gasteiger partial charge on any atom is 0.261 e. The van der Waals surface area contributed by atoms with Gasteiger partial charge in [0.05, 0.1) is 27.9 Å². The number of unbranched alkanes of at least 4 members (excludes halogenated alkanes) is 5. The Bertz CT molecular complexity index is 868. The molecule has 3 N–H and O–H groups in total. The first-order chi connectivity index (χ1) is 13.3. The Kier molecular flexibility index (Phi) is 8.45. The molecule has 0 unspecified atom stereocenters. The van der Waals surface area contributed by atoms with Crippen LogP contribution in [0.15, 0.2) is 41.3 Å². The molecule has 28 heavy (non-hydrogen) atoms. The summed E-state index contributed by atoms with van der Waals surface area (Å²) in [4.78, 5) is 0.167. The van der Waals surface area contributed by atoms with E-state index in [2.05, 4.69) is 11.6 Å². The van der Waals surface area contributed by atoms with Gasteiger partial charge < -0.3 is 10.5 Å². The molecule has 2 aromatic carbocycles. The summed E-state index contributed by atoms with van der Waals surface area (Å²) in [5.41, 5.74) is 7.59. The van der Waals surface area contributed by atoms with E-state index in [4.69, 9.17) is 22.1 Å². The third-order valence-electron chi connectivity index (χ3n) is 4.43. The van der Waals surface area contributed by atoms with Crippen LogP contribution in [0.5, 0.6) is 5.75 Å². The second-order valence-corrected chi connectivity index (χ2v) is 8.99. The van der Waals surface area contributed by atoms with Gasteiger partial charge in [0.2, 0.25) is 0 Å². The van der Waals surface area contributed by atoms with Gasteiger partial charge in [0.1, 0.15) is 5.75 Å². The van der Waals surface area contributed by atoms with Crippen molar-refractivity contribution in [2.45, 2.75) is 57.3 Å². The monoisotopic (exact) mass is 424 g/mol. The number of aryl methyl sites for hydroxylation is 1. The van der Waals surface area contributed by atoms with E-state index in [1.54, 1.807) is 30.3 Å². The number of nitrogens with two attached hydrogens (primary N) is 1. The molecule has 0 bridgehead atoms. The molecule has 0 spiro atoms. The molecule has 0 atom stereocenters. The van der Waals surface area contributed by atoms with Crippen LogP contribution in [0.25, 0.3) is 0 Å². The molecule has 0 amide bonds. The number of benzene rings is 2. The SMILES string of the molecule is CCCCCCCCOc1cc(NS(=O)(=O)c2ccc(C)cc2)c(Cl)cc1N. The first kappa shape index (κ1) is 22.4. The van der Waals surface area contributed by atoms with E-state index in [-0.39, 0.29) is 15.6 Å². The Labute approximate surface area is 173 Å². The topological polar surface area (TPSA) is 81.4 Å². The van der Waals surface area contributed by atoms with Crippen LogP contribution in [-0.4, -0.2) is 15.0 Å². The summed E-state index contributed by atoms with van der Waals surface area (Å²) >= 11 is 6.19. The van der Waals surface area contributed by atoms with Gasteiger partial charge in [0, 0.05) is 6.07 Å². The molecule has 154 valence electrons. The molecule has 0 saturated heterocycles. The molecule has 0 fully saturated rings. The molecule has 0 radical (unpaired) electrons. The fourth-order valence-electron chi connectivity index (χ4n) is 2.76. The van der Waals surface area contributed by atoms with E-state index in [9.17, 15) is 8.42 Å². The van der Waals surface area contributed by atoms with Crippen LogP contribution in [-0.2, 0) is 10.0 Å². The fraction of sp³-hybridized carbons (Fsp3) is 0.429. The number of halogens is 1. The highest BCUT2D eigenvalue weighted by Gasteiger charge is 2.17. The Morgan fingerprint density at radius 1 is 1.04 bits per heavy atom. The predicted molar refractivity (Wildman–Crippen MR) is 117 cm³/mol. The number of nitrogens with one attached hydrogen (secondary N) is 1. The second kappa shape index (κ2) is 10.6. The van der Waals surface area contributed by atoms with E-state index in [1.807, 2.05) is 6.92 Å². The standard InChI is InChI=1S/C21H29ClN2O3S/c1-3-4-5-6-7-8-13-27-21-15-20(18(22)14-19(21)23)24-28(25,26)17-11-9-16(2)10-12-17/h9-12,14-15,24H,3-8,13,23H2,1-2H3. The smallest absolute Gasteiger partial charge is 0.261 e. The van der Waals surface area contributed by atoms with Gasteiger partial charge in [0.25, 0.3) is 10.0 Å². The Morgan fingerprint density at radius 3 is 2.36 bits per heavy atom. The molecule has 7 heteroatoms. The molecule has 0 heterocycles. The number of hydrogen-bond donors (Lipinski definition) is 2. The Hall–Kier alpha value is -1.92. The minimum atomic E-state index is -3.75. The molecule has 5 nitrogen and oxygen atoms in total. The summed E-state index contributed by atoms with van der Waals surface area (Å²) in [6.45, 7) is 4.62. The summed E-state index contributed by atoms with van der Waals surface area (Å²) < 4.78 is 33.5. The third kappa shape index (κ3) is 6.60. The molecular weight excluding hydrogens is 396 g/mol. The van der Waals surface area contributed by atoms with Crippen LogP contribution in [0, 0.1) is 6.92 Å². The van der Waals surface area contributed by atoms with Crippen molar-refractivity contribution in [3.63, 3.8) is 0 Å². The number of anilines is 2. The van der Waals surface area contributed by atoms with Crippen LogP contribution < -0.4 is 15.2 Å². The molecule has 0 aliphatic rings. The summed E-state index contributed by atoms with van der Waals surface area (Å²) in [6, 6.07) is 9.64.